The molecule has 1 saturated heterocycles. The lowest BCUT2D eigenvalue weighted by atomic mass is 10.0. The Kier molecular flexibility index (Phi) is 4.87. The molecule has 130 valence electrons. The summed E-state index contributed by atoms with van der Waals surface area (Å²) in [6.45, 7) is 3.82. The molecule has 3 heterocycles. The molecule has 1 aromatic carbocycles. The summed E-state index contributed by atoms with van der Waals surface area (Å²) in [7, 11) is 1.93. The lowest BCUT2D eigenvalue weighted by Gasteiger charge is -2.33. The molecular weight excluding hydrogens is 334 g/mol. The average Bonchev–Trinajstić information content (AvgIpc) is 3.26. The van der Waals surface area contributed by atoms with Gasteiger partial charge >= 0.3 is 0 Å². The standard InChI is InChI=1S/C18H21N5OS/c1-22-13-20-21-18(22)25-17-8-7-15(24-17)11-23-10-9-19-16(12-23)14-5-3-2-4-6-14/h2-8,13,16,19H,9-12H2,1H3/t16-/m1/s1. The van der Waals surface area contributed by atoms with Gasteiger partial charge in [0, 0.05) is 32.7 Å². The zero-order valence-corrected chi connectivity index (χ0v) is 14.9. The molecule has 1 N–H and O–H groups in total. The number of nitrogens with zero attached hydrogens (tertiary/aromatic N) is 4. The van der Waals surface area contributed by atoms with Gasteiger partial charge in [-0.25, -0.2) is 0 Å². The number of benzene rings is 1. The Labute approximate surface area is 151 Å². The minimum absolute atomic E-state index is 0.373. The van der Waals surface area contributed by atoms with Crippen LogP contribution in [0.1, 0.15) is 17.4 Å². The summed E-state index contributed by atoms with van der Waals surface area (Å²) in [5.41, 5.74) is 1.34. The Morgan fingerprint density at radius 1 is 1.24 bits per heavy atom. The van der Waals surface area contributed by atoms with Gasteiger partial charge in [-0.3, -0.25) is 4.90 Å². The Morgan fingerprint density at radius 3 is 2.92 bits per heavy atom. The SMILES string of the molecule is Cn1cnnc1Sc1ccc(CN2CCN[C@@H](c3ccccc3)C2)o1. The van der Waals surface area contributed by atoms with E-state index in [0.29, 0.717) is 6.04 Å². The molecule has 0 bridgehead atoms. The number of hydrogen-bond acceptors (Lipinski definition) is 6. The minimum atomic E-state index is 0.373. The molecule has 6 nitrogen and oxygen atoms in total. The molecule has 1 aliphatic heterocycles. The third kappa shape index (κ3) is 3.95. The maximum atomic E-state index is 5.98. The van der Waals surface area contributed by atoms with Crippen LogP contribution < -0.4 is 5.32 Å². The number of furan rings is 1. The predicted molar refractivity (Wildman–Crippen MR) is 96.3 cm³/mol. The zero-order valence-electron chi connectivity index (χ0n) is 14.1. The molecule has 0 aliphatic carbocycles. The normalized spacial score (nSPS) is 18.5. The Bertz CT molecular complexity index is 816. The van der Waals surface area contributed by atoms with Gasteiger partial charge in [0.2, 0.25) is 0 Å². The third-order valence-corrected chi connectivity index (χ3v) is 5.31. The van der Waals surface area contributed by atoms with Crippen LogP contribution in [0.4, 0.5) is 0 Å². The molecule has 3 aromatic rings. The van der Waals surface area contributed by atoms with Gasteiger partial charge in [0.05, 0.1) is 6.54 Å². The summed E-state index contributed by atoms with van der Waals surface area (Å²) in [4.78, 5) is 2.43. The first kappa shape index (κ1) is 16.4. The van der Waals surface area contributed by atoms with Crippen LogP contribution in [0.25, 0.3) is 0 Å². The van der Waals surface area contributed by atoms with Crippen molar-refractivity contribution < 1.29 is 4.42 Å². The third-order valence-electron chi connectivity index (χ3n) is 4.34. The molecule has 0 unspecified atom stereocenters. The van der Waals surface area contributed by atoms with Crippen LogP contribution in [-0.4, -0.2) is 39.3 Å². The van der Waals surface area contributed by atoms with Gasteiger partial charge < -0.3 is 14.3 Å². The van der Waals surface area contributed by atoms with E-state index >= 15 is 0 Å². The fourth-order valence-electron chi connectivity index (χ4n) is 3.04. The van der Waals surface area contributed by atoms with Crippen molar-refractivity contribution in [3.05, 3.63) is 60.1 Å². The Balaban J connectivity index is 1.38. The van der Waals surface area contributed by atoms with Crippen molar-refractivity contribution in [1.82, 2.24) is 25.0 Å². The predicted octanol–water partition coefficient (Wildman–Crippen LogP) is 2.71. The highest BCUT2D eigenvalue weighted by Gasteiger charge is 2.21. The second-order valence-electron chi connectivity index (χ2n) is 6.20. The quantitative estimate of drug-likeness (QED) is 0.759. The molecular formula is C18H21N5OS. The summed E-state index contributed by atoms with van der Waals surface area (Å²) in [6, 6.07) is 15.1. The first-order valence-corrected chi connectivity index (χ1v) is 9.21. The lowest BCUT2D eigenvalue weighted by molar-refractivity contribution is 0.177. The smallest absolute Gasteiger partial charge is 0.198 e. The molecule has 25 heavy (non-hydrogen) atoms. The van der Waals surface area contributed by atoms with E-state index in [1.807, 2.05) is 17.7 Å². The van der Waals surface area contributed by atoms with Crippen molar-refractivity contribution in [2.75, 3.05) is 19.6 Å². The summed E-state index contributed by atoms with van der Waals surface area (Å²) in [5.74, 6) is 0.985. The monoisotopic (exact) mass is 355 g/mol. The average molecular weight is 355 g/mol. The van der Waals surface area contributed by atoms with E-state index in [0.717, 1.165) is 42.2 Å². The number of hydrogen-bond donors (Lipinski definition) is 1. The van der Waals surface area contributed by atoms with Gasteiger partial charge in [0.15, 0.2) is 10.2 Å². The summed E-state index contributed by atoms with van der Waals surface area (Å²) < 4.78 is 7.86. The number of aryl methyl sites for hydroxylation is 1. The van der Waals surface area contributed by atoms with Crippen molar-refractivity contribution in [3.8, 4) is 0 Å². The van der Waals surface area contributed by atoms with Crippen LogP contribution in [0.2, 0.25) is 0 Å². The lowest BCUT2D eigenvalue weighted by Crippen LogP contribution is -2.45. The van der Waals surface area contributed by atoms with Gasteiger partial charge in [-0.05, 0) is 29.5 Å². The molecule has 4 rings (SSSR count). The van der Waals surface area contributed by atoms with Gasteiger partial charge in [-0.1, -0.05) is 30.3 Å². The van der Waals surface area contributed by atoms with E-state index < -0.39 is 0 Å². The highest BCUT2D eigenvalue weighted by molar-refractivity contribution is 7.99. The first-order valence-electron chi connectivity index (χ1n) is 8.39. The van der Waals surface area contributed by atoms with E-state index in [4.69, 9.17) is 4.42 Å². The number of nitrogens with one attached hydrogen (secondary N) is 1. The summed E-state index contributed by atoms with van der Waals surface area (Å²) in [5, 5.41) is 13.2. The largest absolute Gasteiger partial charge is 0.453 e. The topological polar surface area (TPSA) is 59.1 Å². The highest BCUT2D eigenvalue weighted by Crippen LogP contribution is 2.28. The highest BCUT2D eigenvalue weighted by atomic mass is 32.2. The number of aromatic nitrogens is 3. The van der Waals surface area contributed by atoms with Crippen LogP contribution in [0.5, 0.6) is 0 Å². The number of piperazine rings is 1. The van der Waals surface area contributed by atoms with E-state index in [1.165, 1.54) is 17.3 Å². The van der Waals surface area contributed by atoms with Crippen LogP contribution in [0, 0.1) is 0 Å². The van der Waals surface area contributed by atoms with Gasteiger partial charge in [-0.2, -0.15) is 0 Å². The number of rotatable bonds is 5. The molecule has 0 spiro atoms. The maximum absolute atomic E-state index is 5.98. The molecule has 7 heteroatoms. The fraction of sp³-hybridized carbons (Fsp3) is 0.333. The van der Waals surface area contributed by atoms with Gasteiger partial charge in [0.1, 0.15) is 12.1 Å². The first-order chi connectivity index (χ1) is 12.3. The summed E-state index contributed by atoms with van der Waals surface area (Å²) in [6.07, 6.45) is 1.69. The summed E-state index contributed by atoms with van der Waals surface area (Å²) >= 11 is 1.49. The Morgan fingerprint density at radius 2 is 2.12 bits per heavy atom. The van der Waals surface area contributed by atoms with Crippen LogP contribution >= 0.6 is 11.8 Å². The van der Waals surface area contributed by atoms with E-state index in [1.54, 1.807) is 6.33 Å². The maximum Gasteiger partial charge on any atom is 0.198 e. The van der Waals surface area contributed by atoms with Crippen LogP contribution in [0.15, 0.2) is 63.5 Å². The van der Waals surface area contributed by atoms with E-state index in [2.05, 4.69) is 56.8 Å². The molecule has 0 amide bonds. The van der Waals surface area contributed by atoms with Crippen LogP contribution in [0.3, 0.4) is 0 Å². The van der Waals surface area contributed by atoms with Crippen molar-refractivity contribution in [2.24, 2.45) is 7.05 Å². The molecule has 1 atom stereocenters. The molecule has 2 aromatic heterocycles. The molecule has 1 aliphatic rings. The van der Waals surface area contributed by atoms with Crippen molar-refractivity contribution >= 4 is 11.8 Å². The van der Waals surface area contributed by atoms with Crippen molar-refractivity contribution in [1.29, 1.82) is 0 Å². The zero-order chi connectivity index (χ0) is 17.1. The van der Waals surface area contributed by atoms with Gasteiger partial charge in [0.25, 0.3) is 0 Å². The van der Waals surface area contributed by atoms with E-state index in [9.17, 15) is 0 Å². The van der Waals surface area contributed by atoms with Gasteiger partial charge in [-0.15, -0.1) is 10.2 Å². The fourth-order valence-corrected chi connectivity index (χ4v) is 3.78. The second-order valence-corrected chi connectivity index (χ2v) is 7.17. The molecule has 0 saturated carbocycles. The molecule has 1 fully saturated rings. The molecule has 0 radical (unpaired) electrons. The second kappa shape index (κ2) is 7.43. The minimum Gasteiger partial charge on any atom is -0.453 e. The van der Waals surface area contributed by atoms with Crippen molar-refractivity contribution in [2.45, 2.75) is 22.8 Å². The van der Waals surface area contributed by atoms with Crippen LogP contribution in [-0.2, 0) is 13.6 Å². The van der Waals surface area contributed by atoms with Crippen molar-refractivity contribution in [3.63, 3.8) is 0 Å². The Hall–Kier alpha value is -2.09. The van der Waals surface area contributed by atoms with E-state index in [-0.39, 0.29) is 0 Å².